The molecule has 0 aromatic carbocycles. The van der Waals surface area contributed by atoms with Gasteiger partial charge < -0.3 is 4.74 Å². The van der Waals surface area contributed by atoms with Crippen molar-refractivity contribution in [3.8, 4) is 0 Å². The van der Waals surface area contributed by atoms with Crippen molar-refractivity contribution >= 4 is 5.78 Å². The Hall–Kier alpha value is -0.370. The summed E-state index contributed by atoms with van der Waals surface area (Å²) in [4.78, 5) is 10.1. The average Bonchev–Trinajstić information content (AvgIpc) is 2.06. The highest BCUT2D eigenvalue weighted by atomic mass is 16.5. The Labute approximate surface area is 81.7 Å². The molecule has 13 heavy (non-hydrogen) atoms. The molecule has 0 aromatic heterocycles. The number of ketones is 1. The van der Waals surface area contributed by atoms with E-state index >= 15 is 0 Å². The van der Waals surface area contributed by atoms with Gasteiger partial charge in [0.2, 0.25) is 0 Å². The number of carbonyl (C=O) groups is 1. The molecule has 0 radical (unpaired) electrons. The van der Waals surface area contributed by atoms with Crippen molar-refractivity contribution in [3.05, 3.63) is 0 Å². The van der Waals surface area contributed by atoms with Crippen LogP contribution in [-0.2, 0) is 9.53 Å². The van der Waals surface area contributed by atoms with Gasteiger partial charge in [0.25, 0.3) is 0 Å². The van der Waals surface area contributed by atoms with Gasteiger partial charge in [-0.05, 0) is 25.7 Å². The number of ether oxygens (including phenoxy) is 1. The van der Waals surface area contributed by atoms with Gasteiger partial charge in [-0.1, -0.05) is 20.8 Å². The predicted octanol–water partition coefficient (Wildman–Crippen LogP) is 2.66. The van der Waals surface area contributed by atoms with Gasteiger partial charge in [-0.2, -0.15) is 0 Å². The molecule has 0 bridgehead atoms. The van der Waals surface area contributed by atoms with Crippen LogP contribution < -0.4 is 0 Å². The molecular weight excluding hydrogens is 164 g/mol. The average molecular weight is 186 g/mol. The molecule has 0 atom stereocenters. The first kappa shape index (κ1) is 12.6. The fraction of sp³-hybridized carbons (Fsp3) is 0.909. The van der Waals surface area contributed by atoms with Gasteiger partial charge in [0.15, 0.2) is 0 Å². The van der Waals surface area contributed by atoms with Gasteiger partial charge in [-0.25, -0.2) is 0 Å². The van der Waals surface area contributed by atoms with E-state index in [-0.39, 0.29) is 11.7 Å². The summed E-state index contributed by atoms with van der Waals surface area (Å²) in [5.41, 5.74) is 0. The van der Waals surface area contributed by atoms with Crippen LogP contribution in [0.5, 0.6) is 0 Å². The normalized spacial score (nSPS) is 17.9. The second-order valence-electron chi connectivity index (χ2n) is 4.06. The standard InChI is InChI=1S/C6H12O.C5H10O/c1-6-2-4-7-5-3-6;1-4(2)5(3)6/h6H,2-5H2,1H3;4H,1-3H3. The number of Topliss-reactive ketones (excluding diaryl/α,β-unsaturated/α-hetero) is 1. The molecule has 0 aromatic rings. The lowest BCUT2D eigenvalue weighted by molar-refractivity contribution is -0.119. The molecule has 0 saturated carbocycles. The zero-order valence-electron chi connectivity index (χ0n) is 9.30. The molecular formula is C11H22O2. The molecule has 2 nitrogen and oxygen atoms in total. The Bertz CT molecular complexity index is 135. The van der Waals surface area contributed by atoms with Crippen LogP contribution in [0, 0.1) is 11.8 Å². The van der Waals surface area contributed by atoms with Gasteiger partial charge in [0.05, 0.1) is 0 Å². The first-order valence-electron chi connectivity index (χ1n) is 5.12. The number of rotatable bonds is 1. The van der Waals surface area contributed by atoms with Crippen molar-refractivity contribution in [1.82, 2.24) is 0 Å². The van der Waals surface area contributed by atoms with E-state index in [2.05, 4.69) is 6.92 Å². The summed E-state index contributed by atoms with van der Waals surface area (Å²) in [7, 11) is 0. The molecule has 0 aliphatic carbocycles. The van der Waals surface area contributed by atoms with Gasteiger partial charge in [-0.3, -0.25) is 4.79 Å². The number of carbonyl (C=O) groups excluding carboxylic acids is 1. The third-order valence-electron chi connectivity index (χ3n) is 2.32. The van der Waals surface area contributed by atoms with Gasteiger partial charge in [-0.15, -0.1) is 0 Å². The molecule has 0 spiro atoms. The minimum atomic E-state index is 0.213. The summed E-state index contributed by atoms with van der Waals surface area (Å²) in [6.45, 7) is 9.64. The van der Waals surface area contributed by atoms with Gasteiger partial charge in [0.1, 0.15) is 5.78 Å². The molecule has 0 unspecified atom stereocenters. The molecule has 2 heteroatoms. The highest BCUT2D eigenvalue weighted by molar-refractivity contribution is 5.77. The van der Waals surface area contributed by atoms with Crippen LogP contribution in [-0.4, -0.2) is 19.0 Å². The van der Waals surface area contributed by atoms with Gasteiger partial charge >= 0.3 is 0 Å². The smallest absolute Gasteiger partial charge is 0.132 e. The van der Waals surface area contributed by atoms with E-state index in [0.29, 0.717) is 0 Å². The van der Waals surface area contributed by atoms with E-state index in [1.165, 1.54) is 12.8 Å². The third kappa shape index (κ3) is 7.97. The number of hydrogen-bond donors (Lipinski definition) is 0. The molecule has 1 aliphatic heterocycles. The molecule has 1 saturated heterocycles. The molecule has 1 fully saturated rings. The monoisotopic (exact) mass is 186 g/mol. The maximum absolute atomic E-state index is 10.1. The molecule has 78 valence electrons. The van der Waals surface area contributed by atoms with E-state index in [1.54, 1.807) is 6.92 Å². The van der Waals surface area contributed by atoms with Gasteiger partial charge in [0, 0.05) is 19.1 Å². The zero-order chi connectivity index (χ0) is 10.3. The van der Waals surface area contributed by atoms with Crippen LogP contribution in [0.4, 0.5) is 0 Å². The van der Waals surface area contributed by atoms with E-state index in [1.807, 2.05) is 13.8 Å². The van der Waals surface area contributed by atoms with Crippen molar-refractivity contribution in [1.29, 1.82) is 0 Å². The van der Waals surface area contributed by atoms with Crippen LogP contribution in [0.2, 0.25) is 0 Å². The minimum Gasteiger partial charge on any atom is -0.381 e. The largest absolute Gasteiger partial charge is 0.381 e. The van der Waals surface area contributed by atoms with E-state index in [9.17, 15) is 4.79 Å². The quantitative estimate of drug-likeness (QED) is 0.629. The first-order valence-corrected chi connectivity index (χ1v) is 5.12. The zero-order valence-corrected chi connectivity index (χ0v) is 9.30. The molecule has 1 rings (SSSR count). The Morgan fingerprint density at radius 1 is 1.31 bits per heavy atom. The Morgan fingerprint density at radius 3 is 1.85 bits per heavy atom. The summed E-state index contributed by atoms with van der Waals surface area (Å²) in [6, 6.07) is 0. The summed E-state index contributed by atoms with van der Waals surface area (Å²) in [6.07, 6.45) is 2.53. The maximum atomic E-state index is 10.1. The fourth-order valence-corrected chi connectivity index (χ4v) is 0.815. The predicted molar refractivity (Wildman–Crippen MR) is 54.7 cm³/mol. The van der Waals surface area contributed by atoms with Crippen LogP contribution in [0.15, 0.2) is 0 Å². The second kappa shape index (κ2) is 7.07. The van der Waals surface area contributed by atoms with Crippen molar-refractivity contribution < 1.29 is 9.53 Å². The first-order chi connectivity index (χ1) is 6.04. The molecule has 1 heterocycles. The Morgan fingerprint density at radius 2 is 1.69 bits per heavy atom. The van der Waals surface area contributed by atoms with Crippen molar-refractivity contribution in [2.75, 3.05) is 13.2 Å². The highest BCUT2D eigenvalue weighted by Gasteiger charge is 2.06. The summed E-state index contributed by atoms with van der Waals surface area (Å²) in [5, 5.41) is 0. The SMILES string of the molecule is CC(=O)C(C)C.CC1CCOCC1. The second-order valence-corrected chi connectivity index (χ2v) is 4.06. The van der Waals surface area contributed by atoms with Crippen LogP contribution in [0.1, 0.15) is 40.5 Å². The van der Waals surface area contributed by atoms with E-state index < -0.39 is 0 Å². The lowest BCUT2D eigenvalue weighted by Crippen LogP contribution is -2.12. The number of hydrogen-bond acceptors (Lipinski definition) is 2. The molecule has 0 amide bonds. The van der Waals surface area contributed by atoms with E-state index in [4.69, 9.17) is 4.74 Å². The summed E-state index contributed by atoms with van der Waals surface area (Å²) >= 11 is 0. The topological polar surface area (TPSA) is 26.3 Å². The summed E-state index contributed by atoms with van der Waals surface area (Å²) < 4.78 is 5.14. The molecule has 1 aliphatic rings. The molecule has 0 N–H and O–H groups in total. The maximum Gasteiger partial charge on any atom is 0.132 e. The van der Waals surface area contributed by atoms with Crippen molar-refractivity contribution in [2.45, 2.75) is 40.5 Å². The van der Waals surface area contributed by atoms with E-state index in [0.717, 1.165) is 19.1 Å². The van der Waals surface area contributed by atoms with Crippen LogP contribution in [0.25, 0.3) is 0 Å². The lowest BCUT2D eigenvalue weighted by Gasteiger charge is -2.16. The Kier molecular flexibility index (Phi) is 6.87. The van der Waals surface area contributed by atoms with Crippen molar-refractivity contribution in [2.24, 2.45) is 11.8 Å². The highest BCUT2D eigenvalue weighted by Crippen LogP contribution is 2.11. The Balaban J connectivity index is 0.000000226. The van der Waals surface area contributed by atoms with Crippen LogP contribution in [0.3, 0.4) is 0 Å². The summed E-state index contributed by atoms with van der Waals surface area (Å²) in [5.74, 6) is 1.38. The minimum absolute atomic E-state index is 0.213. The van der Waals surface area contributed by atoms with Crippen LogP contribution >= 0.6 is 0 Å². The third-order valence-corrected chi connectivity index (χ3v) is 2.32. The lowest BCUT2D eigenvalue weighted by atomic mass is 10.0. The van der Waals surface area contributed by atoms with Crippen molar-refractivity contribution in [3.63, 3.8) is 0 Å². The fourth-order valence-electron chi connectivity index (χ4n) is 0.815.